The van der Waals surface area contributed by atoms with Crippen LogP contribution in [-0.2, 0) is 6.18 Å². The molecule has 5 rings (SSSR count). The van der Waals surface area contributed by atoms with E-state index in [1.54, 1.807) is 6.21 Å². The number of rotatable bonds is 3. The van der Waals surface area contributed by atoms with Gasteiger partial charge < -0.3 is 0 Å². The minimum Gasteiger partial charge on any atom is -0.294 e. The van der Waals surface area contributed by atoms with Gasteiger partial charge in [0.15, 0.2) is 0 Å². The maximum absolute atomic E-state index is 12.7. The molecule has 0 aromatic heterocycles. The highest BCUT2D eigenvalue weighted by Crippen LogP contribution is 2.46. The molecule has 3 nitrogen and oxygen atoms in total. The van der Waals surface area contributed by atoms with Crippen LogP contribution in [-0.4, -0.2) is 42.3 Å². The van der Waals surface area contributed by atoms with Crippen molar-refractivity contribution in [1.82, 2.24) is 9.91 Å². The Morgan fingerprint density at radius 2 is 1.29 bits per heavy atom. The lowest BCUT2D eigenvalue weighted by atomic mass is 10.0. The first-order chi connectivity index (χ1) is 15.0. The molecule has 0 unspecified atom stereocenters. The molecule has 0 radical (unpaired) electrons. The standard InChI is InChI=1S/C25H22F3N3/c26-25(27,28)19-11-9-18(10-12-19)17-29-31-15-13-30(14-16-31)24-22-7-3-1-5-20(22)21-6-2-4-8-23(21)24/h1-12,17,24H,13-16H2. The van der Waals surface area contributed by atoms with Crippen molar-refractivity contribution in [1.29, 1.82) is 0 Å². The second kappa shape index (κ2) is 7.85. The fourth-order valence-corrected chi connectivity index (χ4v) is 4.51. The summed E-state index contributed by atoms with van der Waals surface area (Å²) in [6.07, 6.45) is -2.68. The molecule has 158 valence electrons. The predicted molar refractivity (Wildman–Crippen MR) is 116 cm³/mol. The average molecular weight is 421 g/mol. The van der Waals surface area contributed by atoms with Crippen LogP contribution in [0, 0.1) is 0 Å². The van der Waals surface area contributed by atoms with Gasteiger partial charge in [-0.1, -0.05) is 60.7 Å². The summed E-state index contributed by atoms with van der Waals surface area (Å²) in [4.78, 5) is 2.49. The molecule has 31 heavy (non-hydrogen) atoms. The van der Waals surface area contributed by atoms with Gasteiger partial charge in [0.1, 0.15) is 0 Å². The molecule has 0 bridgehead atoms. The maximum atomic E-state index is 12.7. The molecule has 1 aliphatic carbocycles. The molecule has 1 saturated heterocycles. The summed E-state index contributed by atoms with van der Waals surface area (Å²) in [5.41, 5.74) is 5.34. The van der Waals surface area contributed by atoms with E-state index in [4.69, 9.17) is 0 Å². The summed E-state index contributed by atoms with van der Waals surface area (Å²) < 4.78 is 38.1. The molecule has 0 N–H and O–H groups in total. The Bertz CT molecular complexity index is 1050. The molecule has 1 heterocycles. The summed E-state index contributed by atoms with van der Waals surface area (Å²) in [5, 5.41) is 6.48. The lowest BCUT2D eigenvalue weighted by Crippen LogP contribution is -2.45. The highest BCUT2D eigenvalue weighted by Gasteiger charge is 2.34. The summed E-state index contributed by atoms with van der Waals surface area (Å²) in [6.45, 7) is 3.30. The lowest BCUT2D eigenvalue weighted by Gasteiger charge is -2.37. The van der Waals surface area contributed by atoms with Crippen molar-refractivity contribution in [2.45, 2.75) is 12.2 Å². The van der Waals surface area contributed by atoms with Crippen molar-refractivity contribution in [2.24, 2.45) is 5.10 Å². The minimum atomic E-state index is -4.32. The predicted octanol–water partition coefficient (Wildman–Crippen LogP) is 5.43. The third kappa shape index (κ3) is 3.83. The zero-order valence-electron chi connectivity index (χ0n) is 16.9. The molecule has 0 atom stereocenters. The smallest absolute Gasteiger partial charge is 0.294 e. The van der Waals surface area contributed by atoms with Gasteiger partial charge in [0.05, 0.1) is 17.8 Å². The lowest BCUT2D eigenvalue weighted by molar-refractivity contribution is -0.137. The van der Waals surface area contributed by atoms with Gasteiger partial charge in [-0.05, 0) is 39.9 Å². The molecule has 3 aromatic carbocycles. The average Bonchev–Trinajstić information content (AvgIpc) is 3.12. The van der Waals surface area contributed by atoms with E-state index in [9.17, 15) is 13.2 Å². The second-order valence-electron chi connectivity index (χ2n) is 7.93. The SMILES string of the molecule is FC(F)(F)c1ccc(C=NN2CCN(C3c4ccccc4-c4ccccc43)CC2)cc1. The van der Waals surface area contributed by atoms with Crippen LogP contribution in [0.4, 0.5) is 13.2 Å². The largest absolute Gasteiger partial charge is 0.416 e. The Balaban J connectivity index is 1.27. The van der Waals surface area contributed by atoms with Crippen LogP contribution in [0.25, 0.3) is 11.1 Å². The van der Waals surface area contributed by atoms with Gasteiger partial charge in [0.25, 0.3) is 0 Å². The van der Waals surface area contributed by atoms with Gasteiger partial charge in [0.2, 0.25) is 0 Å². The van der Waals surface area contributed by atoms with E-state index < -0.39 is 11.7 Å². The van der Waals surface area contributed by atoms with Crippen LogP contribution in [0.3, 0.4) is 0 Å². The van der Waals surface area contributed by atoms with Crippen LogP contribution in [0.5, 0.6) is 0 Å². The molecule has 1 fully saturated rings. The summed E-state index contributed by atoms with van der Waals surface area (Å²) in [5.74, 6) is 0. The molecule has 0 amide bonds. The zero-order chi connectivity index (χ0) is 21.4. The molecular weight excluding hydrogens is 399 g/mol. The number of alkyl halides is 3. The monoisotopic (exact) mass is 421 g/mol. The quantitative estimate of drug-likeness (QED) is 0.526. The molecule has 0 spiro atoms. The van der Waals surface area contributed by atoms with Gasteiger partial charge in [-0.15, -0.1) is 0 Å². The van der Waals surface area contributed by atoms with Crippen LogP contribution in [0.1, 0.15) is 28.3 Å². The van der Waals surface area contributed by atoms with E-state index in [-0.39, 0.29) is 6.04 Å². The Hall–Kier alpha value is -3.12. The van der Waals surface area contributed by atoms with Gasteiger partial charge in [-0.25, -0.2) is 0 Å². The molecule has 0 saturated carbocycles. The Kier molecular flexibility index (Phi) is 5.02. The first-order valence-corrected chi connectivity index (χ1v) is 10.4. The third-order valence-electron chi connectivity index (χ3n) is 6.06. The van der Waals surface area contributed by atoms with Crippen LogP contribution >= 0.6 is 0 Å². The molecule has 6 heteroatoms. The third-order valence-corrected chi connectivity index (χ3v) is 6.06. The number of benzene rings is 3. The molecule has 1 aliphatic heterocycles. The van der Waals surface area contributed by atoms with Crippen LogP contribution in [0.2, 0.25) is 0 Å². The first kappa shape index (κ1) is 19.8. The van der Waals surface area contributed by atoms with Crippen molar-refractivity contribution in [3.8, 4) is 11.1 Å². The van der Waals surface area contributed by atoms with Crippen LogP contribution < -0.4 is 0 Å². The van der Waals surface area contributed by atoms with Crippen molar-refractivity contribution in [3.05, 3.63) is 95.1 Å². The fourth-order valence-electron chi connectivity index (χ4n) is 4.51. The number of nitrogens with zero attached hydrogens (tertiary/aromatic N) is 3. The van der Waals surface area contributed by atoms with Gasteiger partial charge >= 0.3 is 6.18 Å². The summed E-state index contributed by atoms with van der Waals surface area (Å²) in [7, 11) is 0. The van der Waals surface area contributed by atoms with Crippen molar-refractivity contribution < 1.29 is 13.2 Å². The van der Waals surface area contributed by atoms with Crippen molar-refractivity contribution in [2.75, 3.05) is 26.2 Å². The van der Waals surface area contributed by atoms with Crippen molar-refractivity contribution in [3.63, 3.8) is 0 Å². The van der Waals surface area contributed by atoms with E-state index in [0.717, 1.165) is 38.3 Å². The summed E-state index contributed by atoms with van der Waals surface area (Å²) in [6, 6.07) is 22.5. The number of hydrogen-bond acceptors (Lipinski definition) is 3. The van der Waals surface area contributed by atoms with Gasteiger partial charge in [-0.2, -0.15) is 18.3 Å². The maximum Gasteiger partial charge on any atom is 0.416 e. The Labute approximate surface area is 179 Å². The number of halogens is 3. The number of hydrazone groups is 1. The van der Waals surface area contributed by atoms with Gasteiger partial charge in [0, 0.05) is 26.2 Å². The van der Waals surface area contributed by atoms with Gasteiger partial charge in [-0.3, -0.25) is 9.91 Å². The normalized spacial score (nSPS) is 17.2. The van der Waals surface area contributed by atoms with E-state index in [2.05, 4.69) is 58.5 Å². The Morgan fingerprint density at radius 3 is 1.84 bits per heavy atom. The zero-order valence-corrected chi connectivity index (χ0v) is 16.9. The first-order valence-electron chi connectivity index (χ1n) is 10.4. The number of hydrogen-bond donors (Lipinski definition) is 0. The van der Waals surface area contributed by atoms with Crippen LogP contribution in [0.15, 0.2) is 77.9 Å². The number of fused-ring (bicyclic) bond motifs is 3. The molecule has 2 aliphatic rings. The highest BCUT2D eigenvalue weighted by atomic mass is 19.4. The highest BCUT2D eigenvalue weighted by molar-refractivity contribution is 5.79. The van der Waals surface area contributed by atoms with E-state index in [0.29, 0.717) is 5.56 Å². The summed E-state index contributed by atoms with van der Waals surface area (Å²) >= 11 is 0. The van der Waals surface area contributed by atoms with E-state index >= 15 is 0 Å². The number of piperazine rings is 1. The van der Waals surface area contributed by atoms with Crippen molar-refractivity contribution >= 4 is 6.21 Å². The topological polar surface area (TPSA) is 18.8 Å². The molecule has 3 aromatic rings. The minimum absolute atomic E-state index is 0.258. The molecular formula is C25H22F3N3. The second-order valence-corrected chi connectivity index (χ2v) is 7.93. The van der Waals surface area contributed by atoms with E-state index in [1.807, 2.05) is 5.01 Å². The fraction of sp³-hybridized carbons (Fsp3) is 0.240. The Morgan fingerprint density at radius 1 is 0.742 bits per heavy atom. The van der Waals surface area contributed by atoms with E-state index in [1.165, 1.54) is 34.4 Å².